The van der Waals surface area contributed by atoms with E-state index in [0.29, 0.717) is 12.2 Å². The summed E-state index contributed by atoms with van der Waals surface area (Å²) in [5.74, 6) is 0.702. The van der Waals surface area contributed by atoms with Crippen molar-refractivity contribution in [3.63, 3.8) is 0 Å². The molecule has 0 bridgehead atoms. The minimum atomic E-state index is -0.600. The van der Waals surface area contributed by atoms with Crippen LogP contribution in [0.4, 0.5) is 0 Å². The fourth-order valence-corrected chi connectivity index (χ4v) is 2.25. The normalized spacial score (nSPS) is 12.2. The van der Waals surface area contributed by atoms with Crippen molar-refractivity contribution >= 4 is 15.9 Å². The van der Waals surface area contributed by atoms with E-state index < -0.39 is 6.10 Å². The van der Waals surface area contributed by atoms with Crippen LogP contribution >= 0.6 is 15.9 Å². The average molecular weight is 308 g/mol. The Kier molecular flexibility index (Phi) is 4.33. The second kappa shape index (κ2) is 5.98. The zero-order valence-corrected chi connectivity index (χ0v) is 11.6. The summed E-state index contributed by atoms with van der Waals surface area (Å²) in [5.41, 5.74) is 1.77. The van der Waals surface area contributed by atoms with Crippen LogP contribution in [-0.4, -0.2) is 17.2 Å². The van der Waals surface area contributed by atoms with Gasteiger partial charge in [-0.3, -0.25) is 4.98 Å². The summed E-state index contributed by atoms with van der Waals surface area (Å²) in [6.45, 7) is 0. The molecule has 4 heteroatoms. The van der Waals surface area contributed by atoms with Crippen molar-refractivity contribution < 1.29 is 9.84 Å². The Morgan fingerprint density at radius 1 is 1.33 bits per heavy atom. The number of hydrogen-bond donors (Lipinski definition) is 1. The van der Waals surface area contributed by atoms with Crippen molar-refractivity contribution in [3.8, 4) is 5.75 Å². The minimum Gasteiger partial charge on any atom is -0.496 e. The Bertz CT molecular complexity index is 531. The van der Waals surface area contributed by atoms with E-state index in [-0.39, 0.29) is 0 Å². The molecule has 0 aliphatic heterocycles. The monoisotopic (exact) mass is 307 g/mol. The highest BCUT2D eigenvalue weighted by molar-refractivity contribution is 9.10. The van der Waals surface area contributed by atoms with E-state index in [0.717, 1.165) is 15.6 Å². The van der Waals surface area contributed by atoms with Gasteiger partial charge in [0, 0.05) is 28.9 Å². The zero-order chi connectivity index (χ0) is 13.0. The highest BCUT2D eigenvalue weighted by atomic mass is 79.9. The highest BCUT2D eigenvalue weighted by Crippen LogP contribution is 2.27. The van der Waals surface area contributed by atoms with Crippen molar-refractivity contribution in [3.05, 3.63) is 58.3 Å². The van der Waals surface area contributed by atoms with Gasteiger partial charge in [-0.1, -0.05) is 18.2 Å². The molecule has 1 atom stereocenters. The second-order valence-corrected chi connectivity index (χ2v) is 4.89. The molecule has 18 heavy (non-hydrogen) atoms. The molecule has 0 amide bonds. The number of aromatic nitrogens is 1. The van der Waals surface area contributed by atoms with Gasteiger partial charge in [0.05, 0.1) is 13.2 Å². The fourth-order valence-electron chi connectivity index (χ4n) is 1.84. The number of aliphatic hydroxyl groups excluding tert-OH is 1. The second-order valence-electron chi connectivity index (χ2n) is 3.97. The number of ether oxygens (including phenoxy) is 1. The van der Waals surface area contributed by atoms with Gasteiger partial charge in [0.25, 0.3) is 0 Å². The third-order valence-corrected chi connectivity index (χ3v) is 3.12. The molecule has 0 saturated heterocycles. The SMILES string of the molecule is COc1ccccc1C(O)Cc1cncc(Br)c1. The number of methoxy groups -OCH3 is 1. The first-order valence-electron chi connectivity index (χ1n) is 5.61. The first-order valence-corrected chi connectivity index (χ1v) is 6.40. The van der Waals surface area contributed by atoms with E-state index in [2.05, 4.69) is 20.9 Å². The molecular weight excluding hydrogens is 294 g/mol. The van der Waals surface area contributed by atoms with Gasteiger partial charge in [0.15, 0.2) is 0 Å². The largest absolute Gasteiger partial charge is 0.496 e. The third kappa shape index (κ3) is 3.09. The number of para-hydroxylation sites is 1. The molecule has 0 fully saturated rings. The Hall–Kier alpha value is -1.39. The Labute approximate surface area is 115 Å². The molecule has 0 spiro atoms. The molecule has 1 N–H and O–H groups in total. The van der Waals surface area contributed by atoms with Gasteiger partial charge in [-0.2, -0.15) is 0 Å². The van der Waals surface area contributed by atoms with E-state index in [9.17, 15) is 5.11 Å². The van der Waals surface area contributed by atoms with Gasteiger partial charge in [0.2, 0.25) is 0 Å². The van der Waals surface area contributed by atoms with Crippen LogP contribution in [0, 0.1) is 0 Å². The van der Waals surface area contributed by atoms with Gasteiger partial charge in [-0.25, -0.2) is 0 Å². The molecule has 2 aromatic rings. The van der Waals surface area contributed by atoms with Crippen LogP contribution < -0.4 is 4.74 Å². The van der Waals surface area contributed by atoms with Gasteiger partial charge in [-0.05, 0) is 33.6 Å². The molecule has 2 rings (SSSR count). The summed E-state index contributed by atoms with van der Waals surface area (Å²) in [6, 6.07) is 9.44. The summed E-state index contributed by atoms with van der Waals surface area (Å²) in [4.78, 5) is 4.08. The Morgan fingerprint density at radius 3 is 2.83 bits per heavy atom. The molecule has 1 heterocycles. The van der Waals surface area contributed by atoms with Crippen molar-refractivity contribution in [2.24, 2.45) is 0 Å². The number of halogens is 1. The van der Waals surface area contributed by atoms with E-state index in [1.807, 2.05) is 30.3 Å². The average Bonchev–Trinajstić information content (AvgIpc) is 2.38. The summed E-state index contributed by atoms with van der Waals surface area (Å²) >= 11 is 3.37. The van der Waals surface area contributed by atoms with Crippen LogP contribution in [0.15, 0.2) is 47.2 Å². The van der Waals surface area contributed by atoms with Crippen molar-refractivity contribution in [1.82, 2.24) is 4.98 Å². The van der Waals surface area contributed by atoms with Crippen LogP contribution in [0.2, 0.25) is 0 Å². The standard InChI is InChI=1S/C14H14BrNO2/c1-18-14-5-3-2-4-12(14)13(17)7-10-6-11(15)9-16-8-10/h2-6,8-9,13,17H,7H2,1H3. The maximum Gasteiger partial charge on any atom is 0.124 e. The Morgan fingerprint density at radius 2 is 2.11 bits per heavy atom. The van der Waals surface area contributed by atoms with Crippen LogP contribution in [0.25, 0.3) is 0 Å². The predicted molar refractivity (Wildman–Crippen MR) is 73.6 cm³/mol. The lowest BCUT2D eigenvalue weighted by Gasteiger charge is -2.14. The van der Waals surface area contributed by atoms with Gasteiger partial charge >= 0.3 is 0 Å². The van der Waals surface area contributed by atoms with Gasteiger partial charge < -0.3 is 9.84 Å². The van der Waals surface area contributed by atoms with Crippen LogP contribution in [-0.2, 0) is 6.42 Å². The van der Waals surface area contributed by atoms with Crippen LogP contribution in [0.3, 0.4) is 0 Å². The number of benzene rings is 1. The zero-order valence-electron chi connectivity index (χ0n) is 10.0. The van der Waals surface area contributed by atoms with Crippen molar-refractivity contribution in [2.75, 3.05) is 7.11 Å². The lowest BCUT2D eigenvalue weighted by atomic mass is 10.0. The fraction of sp³-hybridized carbons (Fsp3) is 0.214. The van der Waals surface area contributed by atoms with E-state index in [4.69, 9.17) is 4.74 Å². The molecule has 94 valence electrons. The maximum atomic E-state index is 10.3. The smallest absolute Gasteiger partial charge is 0.124 e. The minimum absolute atomic E-state index is 0.507. The number of nitrogens with zero attached hydrogens (tertiary/aromatic N) is 1. The first-order chi connectivity index (χ1) is 8.70. The van der Waals surface area contributed by atoms with Crippen LogP contribution in [0.1, 0.15) is 17.2 Å². The first kappa shape index (κ1) is 13.1. The molecule has 0 saturated carbocycles. The molecule has 0 radical (unpaired) electrons. The van der Waals surface area contributed by atoms with Crippen molar-refractivity contribution in [1.29, 1.82) is 0 Å². The number of pyridine rings is 1. The van der Waals surface area contributed by atoms with Crippen LogP contribution in [0.5, 0.6) is 5.75 Å². The quantitative estimate of drug-likeness (QED) is 0.943. The molecular formula is C14H14BrNO2. The molecule has 1 aromatic heterocycles. The summed E-state index contributed by atoms with van der Waals surface area (Å²) in [6.07, 6.45) is 3.38. The lowest BCUT2D eigenvalue weighted by Crippen LogP contribution is -2.04. The molecule has 3 nitrogen and oxygen atoms in total. The van der Waals surface area contributed by atoms with Gasteiger partial charge in [0.1, 0.15) is 5.75 Å². The summed E-state index contributed by atoms with van der Waals surface area (Å²) in [7, 11) is 1.60. The predicted octanol–water partition coefficient (Wildman–Crippen LogP) is 3.13. The molecule has 1 aromatic carbocycles. The highest BCUT2D eigenvalue weighted by Gasteiger charge is 2.13. The summed E-state index contributed by atoms with van der Waals surface area (Å²) in [5, 5.41) is 10.3. The topological polar surface area (TPSA) is 42.4 Å². The molecule has 0 aliphatic rings. The number of aliphatic hydroxyl groups is 1. The van der Waals surface area contributed by atoms with Crippen molar-refractivity contribution in [2.45, 2.75) is 12.5 Å². The Balaban J connectivity index is 2.19. The maximum absolute atomic E-state index is 10.3. The van der Waals surface area contributed by atoms with E-state index in [1.54, 1.807) is 19.5 Å². The third-order valence-electron chi connectivity index (χ3n) is 2.69. The molecule has 1 unspecified atom stereocenters. The summed E-state index contributed by atoms with van der Waals surface area (Å²) < 4.78 is 6.15. The van der Waals surface area contributed by atoms with E-state index in [1.165, 1.54) is 0 Å². The van der Waals surface area contributed by atoms with Gasteiger partial charge in [-0.15, -0.1) is 0 Å². The lowest BCUT2D eigenvalue weighted by molar-refractivity contribution is 0.174. The molecule has 0 aliphatic carbocycles. The number of rotatable bonds is 4. The number of hydrogen-bond acceptors (Lipinski definition) is 3. The van der Waals surface area contributed by atoms with E-state index >= 15 is 0 Å².